The van der Waals surface area contributed by atoms with Crippen LogP contribution in [0.3, 0.4) is 0 Å². The third-order valence-electron chi connectivity index (χ3n) is 4.39. The van der Waals surface area contributed by atoms with Crippen molar-refractivity contribution in [3.63, 3.8) is 0 Å². The lowest BCUT2D eigenvalue weighted by Crippen LogP contribution is -2.11. The molecule has 6 nitrogen and oxygen atoms in total. The summed E-state index contributed by atoms with van der Waals surface area (Å²) in [7, 11) is 2.85. The van der Waals surface area contributed by atoms with Gasteiger partial charge in [0.1, 0.15) is 11.5 Å². The Balaban J connectivity index is 2.12. The van der Waals surface area contributed by atoms with Crippen LogP contribution in [0, 0.1) is 0 Å². The Bertz CT molecular complexity index is 854. The smallest absolute Gasteiger partial charge is 0.207 e. The maximum Gasteiger partial charge on any atom is 0.207 e. The number of ketones is 1. The molecule has 4 bridgehead atoms. The number of phenols is 1. The molecule has 2 aromatic rings. The van der Waals surface area contributed by atoms with Gasteiger partial charge in [0.15, 0.2) is 11.5 Å². The van der Waals surface area contributed by atoms with Gasteiger partial charge in [-0.1, -0.05) is 24.3 Å². The molecule has 4 rings (SSSR count). The Labute approximate surface area is 157 Å². The van der Waals surface area contributed by atoms with Crippen LogP contribution in [0.15, 0.2) is 36.4 Å². The number of carbonyl (C=O) groups excluding carboxylic acids is 1. The number of aliphatic hydroxyl groups excluding tert-OH is 1. The number of aliphatic hydroxyl groups is 1. The van der Waals surface area contributed by atoms with E-state index in [-0.39, 0.29) is 29.5 Å². The summed E-state index contributed by atoms with van der Waals surface area (Å²) in [6.07, 6.45) is 3.14. The first-order valence-electron chi connectivity index (χ1n) is 8.64. The number of Topliss-reactive ketones (excluding diaryl/α,β-unsaturated/α-hetero) is 1. The van der Waals surface area contributed by atoms with Gasteiger partial charge in [-0.15, -0.1) is 0 Å². The number of ether oxygens (including phenoxy) is 3. The van der Waals surface area contributed by atoms with Crippen LogP contribution in [0.25, 0.3) is 6.08 Å². The number of carbonyl (C=O) groups is 1. The lowest BCUT2D eigenvalue weighted by Gasteiger charge is -2.16. The van der Waals surface area contributed by atoms with Gasteiger partial charge in [0.05, 0.1) is 20.3 Å². The zero-order chi connectivity index (χ0) is 19.4. The van der Waals surface area contributed by atoms with Crippen LogP contribution in [0.1, 0.15) is 24.0 Å². The maximum atomic E-state index is 12.1. The highest BCUT2D eigenvalue weighted by molar-refractivity contribution is 5.79. The maximum absolute atomic E-state index is 12.1. The van der Waals surface area contributed by atoms with Crippen LogP contribution in [0.5, 0.6) is 28.7 Å². The van der Waals surface area contributed by atoms with E-state index in [1.807, 2.05) is 12.1 Å². The highest BCUT2D eigenvalue weighted by Gasteiger charge is 2.20. The van der Waals surface area contributed by atoms with Crippen molar-refractivity contribution in [2.75, 3.05) is 14.2 Å². The Morgan fingerprint density at radius 3 is 2.44 bits per heavy atom. The molecular formula is C21H22O6. The molecule has 2 aromatic carbocycles. The molecule has 1 atom stereocenters. The summed E-state index contributed by atoms with van der Waals surface area (Å²) in [6, 6.07) is 9.01. The van der Waals surface area contributed by atoms with Crippen LogP contribution in [-0.4, -0.2) is 36.3 Å². The first-order valence-corrected chi connectivity index (χ1v) is 8.64. The third-order valence-corrected chi connectivity index (χ3v) is 4.39. The zero-order valence-corrected chi connectivity index (χ0v) is 15.3. The van der Waals surface area contributed by atoms with Crippen LogP contribution in [-0.2, 0) is 11.2 Å². The van der Waals surface area contributed by atoms with Crippen molar-refractivity contribution in [1.82, 2.24) is 0 Å². The van der Waals surface area contributed by atoms with Crippen molar-refractivity contribution in [3.05, 3.63) is 47.5 Å². The first kappa shape index (κ1) is 18.8. The predicted molar refractivity (Wildman–Crippen MR) is 101 cm³/mol. The molecule has 2 N–H and O–H groups in total. The van der Waals surface area contributed by atoms with E-state index in [2.05, 4.69) is 0 Å². The second-order valence-corrected chi connectivity index (χ2v) is 6.29. The van der Waals surface area contributed by atoms with E-state index >= 15 is 0 Å². The predicted octanol–water partition coefficient (Wildman–Crippen LogP) is 3.48. The Morgan fingerprint density at radius 2 is 1.78 bits per heavy atom. The monoisotopic (exact) mass is 370 g/mol. The quantitative estimate of drug-likeness (QED) is 0.842. The lowest BCUT2D eigenvalue weighted by atomic mass is 10.0. The van der Waals surface area contributed by atoms with E-state index < -0.39 is 6.10 Å². The van der Waals surface area contributed by atoms with Crippen molar-refractivity contribution < 1.29 is 29.2 Å². The SMILES string of the molecule is COc1c2cc(c(OC)c1O)Oc1ccc(cc1)CCC(=O)C[C@H](O)/C=C/2. The normalized spacial score (nSPS) is 18.2. The first-order chi connectivity index (χ1) is 13.0. The molecule has 0 radical (unpaired) electrons. The molecule has 27 heavy (non-hydrogen) atoms. The van der Waals surface area contributed by atoms with Gasteiger partial charge in [0, 0.05) is 18.4 Å². The minimum absolute atomic E-state index is 0.0208. The molecule has 0 unspecified atom stereocenters. The summed E-state index contributed by atoms with van der Waals surface area (Å²) < 4.78 is 16.5. The largest absolute Gasteiger partial charge is 0.502 e. The Kier molecular flexibility index (Phi) is 5.66. The van der Waals surface area contributed by atoms with E-state index in [1.54, 1.807) is 24.3 Å². The third kappa shape index (κ3) is 4.23. The number of methoxy groups -OCH3 is 2. The lowest BCUT2D eigenvalue weighted by molar-refractivity contribution is -0.120. The molecule has 2 aliphatic heterocycles. The van der Waals surface area contributed by atoms with Crippen molar-refractivity contribution in [3.8, 4) is 28.7 Å². The molecule has 0 amide bonds. The van der Waals surface area contributed by atoms with Crippen molar-refractivity contribution in [2.45, 2.75) is 25.4 Å². The van der Waals surface area contributed by atoms with E-state index in [4.69, 9.17) is 14.2 Å². The van der Waals surface area contributed by atoms with Gasteiger partial charge < -0.3 is 24.4 Å². The van der Waals surface area contributed by atoms with Gasteiger partial charge in [-0.05, 0) is 30.2 Å². The molecule has 0 spiro atoms. The minimum Gasteiger partial charge on any atom is -0.502 e. The second-order valence-electron chi connectivity index (χ2n) is 6.29. The number of hydrogen-bond donors (Lipinski definition) is 2. The fourth-order valence-electron chi connectivity index (χ4n) is 2.99. The zero-order valence-electron chi connectivity index (χ0n) is 15.3. The molecule has 0 fully saturated rings. The summed E-state index contributed by atoms with van der Waals surface area (Å²) in [4.78, 5) is 12.1. The number of fused-ring (bicyclic) bond motifs is 7. The average molecular weight is 370 g/mol. The van der Waals surface area contributed by atoms with Crippen molar-refractivity contribution in [1.29, 1.82) is 0 Å². The minimum atomic E-state index is -0.928. The van der Waals surface area contributed by atoms with Crippen LogP contribution in [0.2, 0.25) is 0 Å². The molecule has 6 heteroatoms. The molecule has 142 valence electrons. The standard InChI is InChI=1S/C21H22O6/c1-25-20-14-6-8-16(23)12-15(22)7-3-13-4-9-17(10-5-13)27-18(11-14)21(26-2)19(20)24/h4-6,8-11,16,23-24H,3,7,12H2,1-2H3/b8-6+/t16-/m1/s1. The fourth-order valence-corrected chi connectivity index (χ4v) is 2.99. The summed E-state index contributed by atoms with van der Waals surface area (Å²) in [6.45, 7) is 0. The summed E-state index contributed by atoms with van der Waals surface area (Å²) in [5.74, 6) is 0.986. The van der Waals surface area contributed by atoms with E-state index in [9.17, 15) is 15.0 Å². The Hall–Kier alpha value is -2.99. The highest BCUT2D eigenvalue weighted by atomic mass is 16.5. The van der Waals surface area contributed by atoms with Gasteiger partial charge >= 0.3 is 0 Å². The molecule has 0 saturated carbocycles. The summed E-state index contributed by atoms with van der Waals surface area (Å²) in [5.41, 5.74) is 1.49. The number of rotatable bonds is 2. The van der Waals surface area contributed by atoms with Crippen LogP contribution in [0.4, 0.5) is 0 Å². The molecule has 2 aliphatic rings. The Morgan fingerprint density at radius 1 is 1.07 bits per heavy atom. The van der Waals surface area contributed by atoms with Crippen LogP contribution >= 0.6 is 0 Å². The molecular weight excluding hydrogens is 348 g/mol. The molecule has 0 saturated heterocycles. The molecule has 0 aliphatic carbocycles. The van der Waals surface area contributed by atoms with Gasteiger partial charge in [-0.25, -0.2) is 0 Å². The second kappa shape index (κ2) is 8.14. The van der Waals surface area contributed by atoms with E-state index in [0.29, 0.717) is 29.9 Å². The molecule has 2 heterocycles. The van der Waals surface area contributed by atoms with Crippen molar-refractivity contribution in [2.24, 2.45) is 0 Å². The summed E-state index contributed by atoms with van der Waals surface area (Å²) >= 11 is 0. The summed E-state index contributed by atoms with van der Waals surface area (Å²) in [5, 5.41) is 20.6. The number of phenolic OH excluding ortho intramolecular Hbond substituents is 1. The fraction of sp³-hybridized carbons (Fsp3) is 0.286. The molecule has 0 aromatic heterocycles. The number of benzene rings is 2. The van der Waals surface area contributed by atoms with Crippen molar-refractivity contribution >= 4 is 11.9 Å². The number of aryl methyl sites for hydroxylation is 1. The number of hydrogen-bond acceptors (Lipinski definition) is 6. The van der Waals surface area contributed by atoms with Gasteiger partial charge in [0.2, 0.25) is 11.5 Å². The number of aromatic hydroxyl groups is 1. The topological polar surface area (TPSA) is 85.2 Å². The van der Waals surface area contributed by atoms with E-state index in [0.717, 1.165) is 5.56 Å². The highest BCUT2D eigenvalue weighted by Crippen LogP contribution is 2.47. The van der Waals surface area contributed by atoms with Gasteiger partial charge in [-0.2, -0.15) is 0 Å². The van der Waals surface area contributed by atoms with E-state index in [1.165, 1.54) is 20.3 Å². The van der Waals surface area contributed by atoms with Gasteiger partial charge in [0.25, 0.3) is 0 Å². The van der Waals surface area contributed by atoms with Gasteiger partial charge in [-0.3, -0.25) is 4.79 Å². The average Bonchev–Trinajstić information content (AvgIpc) is 2.66. The van der Waals surface area contributed by atoms with Crippen LogP contribution < -0.4 is 14.2 Å².